The molecule has 1 saturated heterocycles. The van der Waals surface area contributed by atoms with Crippen molar-refractivity contribution in [3.8, 4) is 0 Å². The van der Waals surface area contributed by atoms with E-state index in [4.69, 9.17) is 5.73 Å². The predicted molar refractivity (Wildman–Crippen MR) is 77.7 cm³/mol. The summed E-state index contributed by atoms with van der Waals surface area (Å²) >= 11 is 0. The van der Waals surface area contributed by atoms with Gasteiger partial charge in [0.05, 0.1) is 0 Å². The number of nitrogens with zero attached hydrogens (tertiary/aromatic N) is 2. The molecule has 0 aromatic carbocycles. The van der Waals surface area contributed by atoms with Crippen LogP contribution in [0.3, 0.4) is 0 Å². The van der Waals surface area contributed by atoms with E-state index < -0.39 is 0 Å². The van der Waals surface area contributed by atoms with Gasteiger partial charge in [0.15, 0.2) is 0 Å². The summed E-state index contributed by atoms with van der Waals surface area (Å²) < 4.78 is 0. The predicted octanol–water partition coefficient (Wildman–Crippen LogP) is 1.92. The first-order chi connectivity index (χ1) is 8.61. The van der Waals surface area contributed by atoms with Crippen molar-refractivity contribution < 1.29 is 0 Å². The summed E-state index contributed by atoms with van der Waals surface area (Å²) in [6, 6.07) is 1.76. The minimum Gasteiger partial charge on any atom is -0.326 e. The number of hydrogen-bond acceptors (Lipinski definition) is 3. The third kappa shape index (κ3) is 3.25. The van der Waals surface area contributed by atoms with Gasteiger partial charge in [-0.3, -0.25) is 0 Å². The van der Waals surface area contributed by atoms with E-state index in [-0.39, 0.29) is 0 Å². The Kier molecular flexibility index (Phi) is 5.05. The molecule has 0 bridgehead atoms. The Morgan fingerprint density at radius 3 is 2.67 bits per heavy atom. The summed E-state index contributed by atoms with van der Waals surface area (Å²) in [6.07, 6.45) is 7.91. The van der Waals surface area contributed by atoms with Gasteiger partial charge in [-0.25, -0.2) is 0 Å². The smallest absolute Gasteiger partial charge is 0.0247 e. The lowest BCUT2D eigenvalue weighted by Crippen LogP contribution is -2.52. The molecule has 3 nitrogen and oxygen atoms in total. The Hall–Kier alpha value is -0.120. The van der Waals surface area contributed by atoms with Crippen LogP contribution in [0, 0.1) is 5.92 Å². The van der Waals surface area contributed by atoms with E-state index in [2.05, 4.69) is 30.8 Å². The van der Waals surface area contributed by atoms with E-state index in [0.717, 1.165) is 12.0 Å². The van der Waals surface area contributed by atoms with Crippen LogP contribution < -0.4 is 5.73 Å². The first-order valence-corrected chi connectivity index (χ1v) is 7.77. The molecule has 0 spiro atoms. The zero-order valence-electron chi connectivity index (χ0n) is 12.4. The normalized spacial score (nSPS) is 38.5. The lowest BCUT2D eigenvalue weighted by atomic mass is 9.80. The molecule has 0 aromatic rings. The Morgan fingerprint density at radius 1 is 1.28 bits per heavy atom. The largest absolute Gasteiger partial charge is 0.326 e. The molecule has 0 radical (unpaired) electrons. The molecule has 1 aliphatic heterocycles. The molecule has 3 heteroatoms. The van der Waals surface area contributed by atoms with Crippen molar-refractivity contribution >= 4 is 0 Å². The standard InChI is InChI=1S/C15H31N3/c1-4-12-7-8-14(16)15(10-12)18(3)11-13-6-5-9-17(13)2/h12-15H,4-11,16H2,1-3H3. The molecule has 2 fully saturated rings. The van der Waals surface area contributed by atoms with Crippen molar-refractivity contribution in [2.24, 2.45) is 11.7 Å². The van der Waals surface area contributed by atoms with Gasteiger partial charge < -0.3 is 15.5 Å². The Bertz CT molecular complexity index is 256. The second-order valence-electron chi connectivity index (χ2n) is 6.53. The van der Waals surface area contributed by atoms with Crippen molar-refractivity contribution in [3.63, 3.8) is 0 Å². The fourth-order valence-corrected chi connectivity index (χ4v) is 3.81. The summed E-state index contributed by atoms with van der Waals surface area (Å²) in [5.41, 5.74) is 6.35. The Labute approximate surface area is 113 Å². The van der Waals surface area contributed by atoms with Crippen molar-refractivity contribution in [3.05, 3.63) is 0 Å². The number of rotatable bonds is 4. The lowest BCUT2D eigenvalue weighted by Gasteiger charge is -2.41. The summed E-state index contributed by atoms with van der Waals surface area (Å²) in [5, 5.41) is 0. The highest BCUT2D eigenvalue weighted by Crippen LogP contribution is 2.29. The Balaban J connectivity index is 1.88. The van der Waals surface area contributed by atoms with Gasteiger partial charge >= 0.3 is 0 Å². The molecule has 2 aliphatic rings. The maximum Gasteiger partial charge on any atom is 0.0247 e. The van der Waals surface area contributed by atoms with E-state index in [0.29, 0.717) is 12.1 Å². The van der Waals surface area contributed by atoms with E-state index in [9.17, 15) is 0 Å². The van der Waals surface area contributed by atoms with Crippen LogP contribution in [-0.4, -0.2) is 55.1 Å². The second-order valence-corrected chi connectivity index (χ2v) is 6.53. The van der Waals surface area contributed by atoms with Gasteiger partial charge in [0.25, 0.3) is 0 Å². The van der Waals surface area contributed by atoms with Crippen LogP contribution in [-0.2, 0) is 0 Å². The lowest BCUT2D eigenvalue weighted by molar-refractivity contribution is 0.110. The van der Waals surface area contributed by atoms with Crippen LogP contribution in [0.1, 0.15) is 45.4 Å². The molecule has 2 N–H and O–H groups in total. The highest BCUT2D eigenvalue weighted by atomic mass is 15.2. The number of likely N-dealkylation sites (tertiary alicyclic amines) is 1. The van der Waals surface area contributed by atoms with Crippen LogP contribution in [0.5, 0.6) is 0 Å². The minimum atomic E-state index is 0.393. The number of likely N-dealkylation sites (N-methyl/N-ethyl adjacent to an activating group) is 2. The van der Waals surface area contributed by atoms with Gasteiger partial charge in [0.2, 0.25) is 0 Å². The van der Waals surface area contributed by atoms with E-state index in [1.165, 1.54) is 51.6 Å². The highest BCUT2D eigenvalue weighted by Gasteiger charge is 2.32. The monoisotopic (exact) mass is 253 g/mol. The van der Waals surface area contributed by atoms with Crippen LogP contribution in [0.25, 0.3) is 0 Å². The van der Waals surface area contributed by atoms with Gasteiger partial charge in [-0.15, -0.1) is 0 Å². The van der Waals surface area contributed by atoms with E-state index in [1.807, 2.05) is 0 Å². The highest BCUT2D eigenvalue weighted by molar-refractivity contribution is 4.90. The topological polar surface area (TPSA) is 32.5 Å². The molecule has 1 saturated carbocycles. The van der Waals surface area contributed by atoms with Gasteiger partial charge in [-0.1, -0.05) is 13.3 Å². The van der Waals surface area contributed by atoms with E-state index in [1.54, 1.807) is 0 Å². The zero-order chi connectivity index (χ0) is 13.1. The summed E-state index contributed by atoms with van der Waals surface area (Å²) in [6.45, 7) is 4.79. The van der Waals surface area contributed by atoms with Gasteiger partial charge in [0.1, 0.15) is 0 Å². The molecular weight excluding hydrogens is 222 g/mol. The molecule has 4 unspecified atom stereocenters. The minimum absolute atomic E-state index is 0.393. The van der Waals surface area contributed by atoms with Gasteiger partial charge in [-0.05, 0) is 58.7 Å². The molecule has 1 heterocycles. The maximum atomic E-state index is 6.35. The third-order valence-electron chi connectivity index (χ3n) is 5.29. The third-order valence-corrected chi connectivity index (χ3v) is 5.29. The summed E-state index contributed by atoms with van der Waals surface area (Å²) in [7, 11) is 4.55. The number of nitrogens with two attached hydrogens (primary N) is 1. The van der Waals surface area contributed by atoms with Crippen LogP contribution >= 0.6 is 0 Å². The molecule has 4 atom stereocenters. The molecule has 0 amide bonds. The average molecular weight is 253 g/mol. The average Bonchev–Trinajstić information content (AvgIpc) is 2.75. The van der Waals surface area contributed by atoms with Crippen molar-refractivity contribution in [1.82, 2.24) is 9.80 Å². The quantitative estimate of drug-likeness (QED) is 0.831. The van der Waals surface area contributed by atoms with Crippen LogP contribution in [0.2, 0.25) is 0 Å². The SMILES string of the molecule is CCC1CCC(N)C(N(C)CC2CCCN2C)C1. The molecule has 106 valence electrons. The van der Waals surface area contributed by atoms with Gasteiger partial charge in [-0.2, -0.15) is 0 Å². The zero-order valence-corrected chi connectivity index (χ0v) is 12.4. The summed E-state index contributed by atoms with van der Waals surface area (Å²) in [4.78, 5) is 5.07. The maximum absolute atomic E-state index is 6.35. The van der Waals surface area contributed by atoms with Crippen molar-refractivity contribution in [2.45, 2.75) is 63.6 Å². The Morgan fingerprint density at radius 2 is 2.06 bits per heavy atom. The first-order valence-electron chi connectivity index (χ1n) is 7.77. The van der Waals surface area contributed by atoms with Crippen LogP contribution in [0.15, 0.2) is 0 Å². The summed E-state index contributed by atoms with van der Waals surface area (Å²) in [5.74, 6) is 0.901. The second kappa shape index (κ2) is 6.36. The van der Waals surface area contributed by atoms with Crippen LogP contribution in [0.4, 0.5) is 0 Å². The van der Waals surface area contributed by atoms with Crippen molar-refractivity contribution in [2.75, 3.05) is 27.2 Å². The fraction of sp³-hybridized carbons (Fsp3) is 1.00. The van der Waals surface area contributed by atoms with Crippen molar-refractivity contribution in [1.29, 1.82) is 0 Å². The molecule has 1 aliphatic carbocycles. The molecule has 18 heavy (non-hydrogen) atoms. The van der Waals surface area contributed by atoms with Gasteiger partial charge in [0, 0.05) is 24.7 Å². The molecular formula is C15H31N3. The molecule has 2 rings (SSSR count). The fourth-order valence-electron chi connectivity index (χ4n) is 3.81. The number of hydrogen-bond donors (Lipinski definition) is 1. The first kappa shape index (κ1) is 14.3. The molecule has 0 aromatic heterocycles. The van der Waals surface area contributed by atoms with E-state index >= 15 is 0 Å².